The first-order valence-electron chi connectivity index (χ1n) is 13.1. The van der Waals surface area contributed by atoms with Gasteiger partial charge < -0.3 is 15.0 Å². The maximum Gasteiger partial charge on any atom is 0.264 e. The lowest BCUT2D eigenvalue weighted by Gasteiger charge is -2.32. The topological polar surface area (TPSA) is 96.0 Å². The molecule has 3 aromatic carbocycles. The number of hydrogen-bond acceptors (Lipinski definition) is 5. The third-order valence-electron chi connectivity index (χ3n) is 6.13. The predicted octanol–water partition coefficient (Wildman–Crippen LogP) is 4.27. The van der Waals surface area contributed by atoms with Gasteiger partial charge in [0.25, 0.3) is 10.0 Å². The van der Waals surface area contributed by atoms with Crippen molar-refractivity contribution in [3.05, 3.63) is 90.5 Å². The number of amides is 2. The van der Waals surface area contributed by atoms with Crippen molar-refractivity contribution in [2.45, 2.75) is 51.1 Å². The average molecular weight is 552 g/mol. The summed E-state index contributed by atoms with van der Waals surface area (Å²) >= 11 is 0. The highest BCUT2D eigenvalue weighted by molar-refractivity contribution is 7.92. The first kappa shape index (κ1) is 29.7. The van der Waals surface area contributed by atoms with Crippen LogP contribution in [0.25, 0.3) is 0 Å². The summed E-state index contributed by atoms with van der Waals surface area (Å²) in [4.78, 5) is 28.3. The molecule has 0 saturated carbocycles. The molecule has 0 saturated heterocycles. The van der Waals surface area contributed by atoms with Crippen LogP contribution < -0.4 is 14.4 Å². The van der Waals surface area contributed by atoms with Crippen LogP contribution in [-0.2, 0) is 26.0 Å². The smallest absolute Gasteiger partial charge is 0.264 e. The molecule has 3 aromatic rings. The summed E-state index contributed by atoms with van der Waals surface area (Å²) in [7, 11) is -4.10. The van der Waals surface area contributed by atoms with Crippen molar-refractivity contribution in [2.75, 3.05) is 24.0 Å². The lowest BCUT2D eigenvalue weighted by Crippen LogP contribution is -2.53. The Kier molecular flexibility index (Phi) is 10.5. The van der Waals surface area contributed by atoms with E-state index in [1.54, 1.807) is 49.4 Å². The third kappa shape index (κ3) is 8.07. The van der Waals surface area contributed by atoms with Gasteiger partial charge in [-0.25, -0.2) is 8.42 Å². The van der Waals surface area contributed by atoms with Crippen LogP contribution in [0.3, 0.4) is 0 Å². The molecule has 0 aliphatic heterocycles. The van der Waals surface area contributed by atoms with E-state index in [1.807, 2.05) is 51.1 Å². The molecule has 1 N–H and O–H groups in total. The molecule has 208 valence electrons. The molecular weight excluding hydrogens is 514 g/mol. The zero-order valence-corrected chi connectivity index (χ0v) is 23.7. The van der Waals surface area contributed by atoms with Crippen molar-refractivity contribution in [3.8, 4) is 5.75 Å². The number of anilines is 1. The van der Waals surface area contributed by atoms with Gasteiger partial charge in [-0.1, -0.05) is 48.5 Å². The Balaban J connectivity index is 1.96. The highest BCUT2D eigenvalue weighted by Crippen LogP contribution is 2.26. The highest BCUT2D eigenvalue weighted by atomic mass is 32.2. The van der Waals surface area contributed by atoms with Crippen molar-refractivity contribution in [1.29, 1.82) is 0 Å². The average Bonchev–Trinajstić information content (AvgIpc) is 2.93. The fraction of sp³-hybridized carbons (Fsp3) is 0.333. The van der Waals surface area contributed by atoms with Crippen LogP contribution in [0, 0.1) is 0 Å². The molecular formula is C30H37N3O5S. The monoisotopic (exact) mass is 551 g/mol. The fourth-order valence-electron chi connectivity index (χ4n) is 4.10. The van der Waals surface area contributed by atoms with Gasteiger partial charge in [0.05, 0.1) is 17.2 Å². The maximum absolute atomic E-state index is 13.8. The fourth-order valence-corrected chi connectivity index (χ4v) is 5.53. The molecule has 0 aliphatic carbocycles. The van der Waals surface area contributed by atoms with Gasteiger partial charge in [-0.15, -0.1) is 0 Å². The SMILES string of the molecule is CCOc1ccc(N(CC(=O)N(CCc2ccccc2)[C@H](C)C(=O)NC(C)C)S(=O)(=O)c2ccccc2)cc1. The number of carbonyl (C=O) groups is 2. The van der Waals surface area contributed by atoms with Crippen LogP contribution in [0.4, 0.5) is 5.69 Å². The minimum absolute atomic E-state index is 0.0631. The second kappa shape index (κ2) is 13.8. The molecule has 0 aromatic heterocycles. The van der Waals surface area contributed by atoms with Crippen LogP contribution in [0.15, 0.2) is 89.8 Å². The zero-order chi connectivity index (χ0) is 28.4. The highest BCUT2D eigenvalue weighted by Gasteiger charge is 2.32. The van der Waals surface area contributed by atoms with E-state index < -0.39 is 28.5 Å². The van der Waals surface area contributed by atoms with Crippen molar-refractivity contribution >= 4 is 27.5 Å². The predicted molar refractivity (Wildman–Crippen MR) is 153 cm³/mol. The number of carbonyl (C=O) groups excluding carboxylic acids is 2. The standard InChI is InChI=1S/C30H37N3O5S/c1-5-38-27-18-16-26(17-19-27)33(39(36,37)28-14-10-7-11-15-28)22-29(34)32(24(4)30(35)31-23(2)3)21-20-25-12-8-6-9-13-25/h6-19,23-24H,5,20-22H2,1-4H3,(H,31,35)/t24-/m1/s1. The van der Waals surface area contributed by atoms with E-state index in [0.29, 0.717) is 24.5 Å². The number of nitrogens with zero attached hydrogens (tertiary/aromatic N) is 2. The van der Waals surface area contributed by atoms with E-state index in [1.165, 1.54) is 17.0 Å². The van der Waals surface area contributed by atoms with E-state index >= 15 is 0 Å². The summed E-state index contributed by atoms with van der Waals surface area (Å²) in [5, 5.41) is 2.86. The Morgan fingerprint density at radius 2 is 1.46 bits per heavy atom. The number of nitrogens with one attached hydrogen (secondary N) is 1. The number of sulfonamides is 1. The number of benzene rings is 3. The minimum atomic E-state index is -4.10. The molecule has 0 aliphatic rings. The summed E-state index contributed by atoms with van der Waals surface area (Å²) in [5.74, 6) is -0.191. The molecule has 0 spiro atoms. The molecule has 39 heavy (non-hydrogen) atoms. The lowest BCUT2D eigenvalue weighted by molar-refractivity contribution is -0.139. The van der Waals surface area contributed by atoms with Crippen LogP contribution in [0.2, 0.25) is 0 Å². The van der Waals surface area contributed by atoms with Crippen molar-refractivity contribution in [2.24, 2.45) is 0 Å². The molecule has 9 heteroatoms. The van der Waals surface area contributed by atoms with Gasteiger partial charge in [-0.2, -0.15) is 0 Å². The lowest BCUT2D eigenvalue weighted by atomic mass is 10.1. The Hall–Kier alpha value is -3.85. The first-order valence-corrected chi connectivity index (χ1v) is 14.5. The van der Waals surface area contributed by atoms with Crippen LogP contribution in [0.5, 0.6) is 5.75 Å². The van der Waals surface area contributed by atoms with Gasteiger partial charge in [0, 0.05) is 12.6 Å². The van der Waals surface area contributed by atoms with E-state index in [9.17, 15) is 18.0 Å². The third-order valence-corrected chi connectivity index (χ3v) is 7.92. The van der Waals surface area contributed by atoms with Gasteiger partial charge in [0.1, 0.15) is 18.3 Å². The first-order chi connectivity index (χ1) is 18.6. The molecule has 1 atom stereocenters. The largest absolute Gasteiger partial charge is 0.494 e. The summed E-state index contributed by atoms with van der Waals surface area (Å²) in [5.41, 5.74) is 1.32. The van der Waals surface area contributed by atoms with Crippen molar-refractivity contribution < 1.29 is 22.7 Å². The minimum Gasteiger partial charge on any atom is -0.494 e. The van der Waals surface area contributed by atoms with E-state index in [4.69, 9.17) is 4.74 Å². The molecule has 3 rings (SSSR count). The molecule has 0 fully saturated rings. The summed E-state index contributed by atoms with van der Waals surface area (Å²) in [6, 6.07) is 23.3. The Bertz CT molecular complexity index is 1310. The molecule has 0 radical (unpaired) electrons. The Morgan fingerprint density at radius 3 is 2.03 bits per heavy atom. The number of ether oxygens (including phenoxy) is 1. The Morgan fingerprint density at radius 1 is 0.872 bits per heavy atom. The van der Waals surface area contributed by atoms with Crippen molar-refractivity contribution in [3.63, 3.8) is 0 Å². The van der Waals surface area contributed by atoms with Crippen LogP contribution >= 0.6 is 0 Å². The van der Waals surface area contributed by atoms with Gasteiger partial charge in [-0.05, 0) is 76.1 Å². The van der Waals surface area contributed by atoms with Crippen LogP contribution in [0.1, 0.15) is 33.3 Å². The summed E-state index contributed by atoms with van der Waals surface area (Å²) in [6.45, 7) is 7.46. The van der Waals surface area contributed by atoms with Gasteiger partial charge in [0.15, 0.2) is 0 Å². The molecule has 8 nitrogen and oxygen atoms in total. The van der Waals surface area contributed by atoms with E-state index in [0.717, 1.165) is 9.87 Å². The van der Waals surface area contributed by atoms with E-state index in [2.05, 4.69) is 5.32 Å². The van der Waals surface area contributed by atoms with Crippen LogP contribution in [-0.4, -0.2) is 56.9 Å². The molecule has 0 unspecified atom stereocenters. The molecule has 0 heterocycles. The summed E-state index contributed by atoms with van der Waals surface area (Å²) in [6.07, 6.45) is 0.514. The van der Waals surface area contributed by atoms with E-state index in [-0.39, 0.29) is 23.4 Å². The zero-order valence-electron chi connectivity index (χ0n) is 22.9. The summed E-state index contributed by atoms with van der Waals surface area (Å²) < 4.78 is 34.1. The normalized spacial score (nSPS) is 12.0. The number of rotatable bonds is 13. The van der Waals surface area contributed by atoms with Crippen molar-refractivity contribution in [1.82, 2.24) is 10.2 Å². The Labute approximate surface area is 231 Å². The number of hydrogen-bond donors (Lipinski definition) is 1. The second-order valence-corrected chi connectivity index (χ2v) is 11.3. The van der Waals surface area contributed by atoms with Gasteiger partial charge in [-0.3, -0.25) is 13.9 Å². The maximum atomic E-state index is 13.8. The quantitative estimate of drug-likeness (QED) is 0.342. The second-order valence-electron chi connectivity index (χ2n) is 9.41. The molecule has 2 amide bonds. The molecule has 0 bridgehead atoms. The van der Waals surface area contributed by atoms with Gasteiger partial charge >= 0.3 is 0 Å². The van der Waals surface area contributed by atoms with Gasteiger partial charge in [0.2, 0.25) is 11.8 Å².